The van der Waals surface area contributed by atoms with E-state index in [4.69, 9.17) is 0 Å². The molecule has 1 aliphatic carbocycles. The van der Waals surface area contributed by atoms with Gasteiger partial charge in [-0.2, -0.15) is 0 Å². The molecular formula is C11H18N4. The van der Waals surface area contributed by atoms with Crippen LogP contribution in [-0.2, 0) is 0 Å². The molecule has 0 radical (unpaired) electrons. The van der Waals surface area contributed by atoms with E-state index in [1.54, 1.807) is 6.33 Å². The summed E-state index contributed by atoms with van der Waals surface area (Å²) in [6.45, 7) is 4.27. The molecule has 2 atom stereocenters. The average molecular weight is 206 g/mol. The van der Waals surface area contributed by atoms with Crippen molar-refractivity contribution >= 4 is 11.6 Å². The largest absolute Gasteiger partial charge is 0.373 e. The summed E-state index contributed by atoms with van der Waals surface area (Å²) >= 11 is 0. The summed E-state index contributed by atoms with van der Waals surface area (Å²) in [4.78, 5) is 8.44. The van der Waals surface area contributed by atoms with Crippen LogP contribution in [0, 0.1) is 12.8 Å². The third-order valence-electron chi connectivity index (χ3n) is 3.09. The van der Waals surface area contributed by atoms with Crippen molar-refractivity contribution in [3.8, 4) is 0 Å². The summed E-state index contributed by atoms with van der Waals surface area (Å²) in [5.74, 6) is 2.70. The van der Waals surface area contributed by atoms with Crippen molar-refractivity contribution in [1.82, 2.24) is 9.97 Å². The Hall–Kier alpha value is -1.32. The van der Waals surface area contributed by atoms with Crippen molar-refractivity contribution < 1.29 is 0 Å². The lowest BCUT2D eigenvalue weighted by molar-refractivity contribution is 0.772. The first-order chi connectivity index (χ1) is 7.26. The van der Waals surface area contributed by atoms with Gasteiger partial charge in [-0.1, -0.05) is 13.3 Å². The van der Waals surface area contributed by atoms with E-state index in [-0.39, 0.29) is 0 Å². The molecule has 1 aromatic rings. The van der Waals surface area contributed by atoms with Gasteiger partial charge in [0.15, 0.2) is 0 Å². The zero-order valence-electron chi connectivity index (χ0n) is 9.54. The van der Waals surface area contributed by atoms with Gasteiger partial charge in [-0.3, -0.25) is 0 Å². The van der Waals surface area contributed by atoms with E-state index >= 15 is 0 Å². The number of rotatable bonds is 4. The maximum absolute atomic E-state index is 4.27. The fourth-order valence-electron chi connectivity index (χ4n) is 1.90. The van der Waals surface area contributed by atoms with Crippen LogP contribution in [0.2, 0.25) is 0 Å². The first-order valence-corrected chi connectivity index (χ1v) is 5.52. The molecule has 82 valence electrons. The molecule has 0 aromatic carbocycles. The van der Waals surface area contributed by atoms with Gasteiger partial charge in [0.25, 0.3) is 0 Å². The van der Waals surface area contributed by atoms with Crippen LogP contribution >= 0.6 is 0 Å². The quantitative estimate of drug-likeness (QED) is 0.791. The highest BCUT2D eigenvalue weighted by Gasteiger charge is 2.35. The molecule has 1 fully saturated rings. The number of nitrogens with one attached hydrogen (secondary N) is 2. The van der Waals surface area contributed by atoms with Gasteiger partial charge in [0.05, 0.1) is 0 Å². The second-order valence-electron chi connectivity index (χ2n) is 4.10. The summed E-state index contributed by atoms with van der Waals surface area (Å²) in [5, 5.41) is 6.53. The number of nitrogens with zero attached hydrogens (tertiary/aromatic N) is 2. The Balaban J connectivity index is 2.08. The summed E-state index contributed by atoms with van der Waals surface area (Å²) in [6, 6.07) is 0.619. The van der Waals surface area contributed by atoms with E-state index < -0.39 is 0 Å². The molecule has 0 bridgehead atoms. The number of anilines is 2. The lowest BCUT2D eigenvalue weighted by atomic mass is 10.3. The maximum Gasteiger partial charge on any atom is 0.134 e. The normalized spacial score (nSPS) is 23.7. The molecule has 1 aliphatic rings. The first kappa shape index (κ1) is 10.2. The fraction of sp³-hybridized carbons (Fsp3) is 0.636. The van der Waals surface area contributed by atoms with Crippen molar-refractivity contribution in [3.63, 3.8) is 0 Å². The van der Waals surface area contributed by atoms with Crippen molar-refractivity contribution in [2.45, 2.75) is 32.7 Å². The highest BCUT2D eigenvalue weighted by molar-refractivity contribution is 5.56. The molecule has 0 saturated heterocycles. The molecular weight excluding hydrogens is 188 g/mol. The molecule has 0 aliphatic heterocycles. The highest BCUT2D eigenvalue weighted by Crippen LogP contribution is 2.36. The third-order valence-corrected chi connectivity index (χ3v) is 3.09. The molecule has 1 heterocycles. The smallest absolute Gasteiger partial charge is 0.134 e. The lowest BCUT2D eigenvalue weighted by Crippen LogP contribution is -2.09. The van der Waals surface area contributed by atoms with Crippen LogP contribution in [0.3, 0.4) is 0 Å². The Labute approximate surface area is 90.5 Å². The van der Waals surface area contributed by atoms with Crippen LogP contribution in [0.25, 0.3) is 0 Å². The van der Waals surface area contributed by atoms with E-state index in [9.17, 15) is 0 Å². The summed E-state index contributed by atoms with van der Waals surface area (Å²) in [5.41, 5.74) is 1.10. The molecule has 15 heavy (non-hydrogen) atoms. The molecule has 4 nitrogen and oxygen atoms in total. The van der Waals surface area contributed by atoms with Gasteiger partial charge in [-0.15, -0.1) is 0 Å². The Morgan fingerprint density at radius 2 is 2.13 bits per heavy atom. The van der Waals surface area contributed by atoms with Crippen molar-refractivity contribution in [1.29, 1.82) is 0 Å². The number of hydrogen-bond acceptors (Lipinski definition) is 4. The Bertz CT molecular complexity index is 350. The molecule has 4 heteroatoms. The Kier molecular flexibility index (Phi) is 2.75. The van der Waals surface area contributed by atoms with Crippen LogP contribution in [-0.4, -0.2) is 23.1 Å². The minimum atomic E-state index is 0.619. The second kappa shape index (κ2) is 4.04. The van der Waals surface area contributed by atoms with E-state index in [0.29, 0.717) is 6.04 Å². The molecule has 2 unspecified atom stereocenters. The summed E-state index contributed by atoms with van der Waals surface area (Å²) in [6.07, 6.45) is 4.13. The standard InChI is InChI=1S/C11H18N4/c1-4-8-5-9(8)15-11-7(2)10(12-3)13-6-14-11/h6,8-9H,4-5H2,1-3H3,(H2,12,13,14,15). The van der Waals surface area contributed by atoms with Gasteiger partial charge in [0.1, 0.15) is 18.0 Å². The molecule has 1 saturated carbocycles. The zero-order valence-corrected chi connectivity index (χ0v) is 9.54. The highest BCUT2D eigenvalue weighted by atomic mass is 15.1. The molecule has 0 amide bonds. The van der Waals surface area contributed by atoms with E-state index in [1.807, 2.05) is 14.0 Å². The molecule has 2 rings (SSSR count). The zero-order chi connectivity index (χ0) is 10.8. The van der Waals surface area contributed by atoms with Gasteiger partial charge in [-0.25, -0.2) is 9.97 Å². The average Bonchev–Trinajstić information content (AvgIpc) is 3.00. The monoisotopic (exact) mass is 206 g/mol. The van der Waals surface area contributed by atoms with Crippen LogP contribution < -0.4 is 10.6 Å². The first-order valence-electron chi connectivity index (χ1n) is 5.52. The second-order valence-corrected chi connectivity index (χ2v) is 4.10. The molecule has 0 spiro atoms. The molecule has 1 aromatic heterocycles. The SMILES string of the molecule is CCC1CC1Nc1ncnc(NC)c1C. The van der Waals surface area contributed by atoms with E-state index in [0.717, 1.165) is 23.1 Å². The van der Waals surface area contributed by atoms with Gasteiger partial charge in [0.2, 0.25) is 0 Å². The third kappa shape index (κ3) is 2.03. The lowest BCUT2D eigenvalue weighted by Gasteiger charge is -2.10. The number of hydrogen-bond donors (Lipinski definition) is 2. The summed E-state index contributed by atoms with van der Waals surface area (Å²) in [7, 11) is 1.88. The predicted molar refractivity (Wildman–Crippen MR) is 62.1 cm³/mol. The minimum Gasteiger partial charge on any atom is -0.373 e. The predicted octanol–water partition coefficient (Wildman–Crippen LogP) is 2.04. The van der Waals surface area contributed by atoms with Crippen LogP contribution in [0.4, 0.5) is 11.6 Å². The minimum absolute atomic E-state index is 0.619. The van der Waals surface area contributed by atoms with Crippen LogP contribution in [0.1, 0.15) is 25.3 Å². The van der Waals surface area contributed by atoms with Gasteiger partial charge >= 0.3 is 0 Å². The van der Waals surface area contributed by atoms with Gasteiger partial charge in [0, 0.05) is 18.7 Å². The maximum atomic E-state index is 4.27. The molecule has 2 N–H and O–H groups in total. The van der Waals surface area contributed by atoms with Gasteiger partial charge < -0.3 is 10.6 Å². The van der Waals surface area contributed by atoms with Crippen molar-refractivity contribution in [3.05, 3.63) is 11.9 Å². The topological polar surface area (TPSA) is 49.8 Å². The fourth-order valence-corrected chi connectivity index (χ4v) is 1.90. The van der Waals surface area contributed by atoms with Gasteiger partial charge in [-0.05, 0) is 19.3 Å². The van der Waals surface area contributed by atoms with Crippen molar-refractivity contribution in [2.24, 2.45) is 5.92 Å². The van der Waals surface area contributed by atoms with E-state index in [1.165, 1.54) is 12.8 Å². The van der Waals surface area contributed by atoms with Crippen LogP contribution in [0.15, 0.2) is 6.33 Å². The number of aromatic nitrogens is 2. The Morgan fingerprint density at radius 1 is 1.40 bits per heavy atom. The Morgan fingerprint density at radius 3 is 2.73 bits per heavy atom. The summed E-state index contributed by atoms with van der Waals surface area (Å²) < 4.78 is 0. The van der Waals surface area contributed by atoms with E-state index in [2.05, 4.69) is 27.5 Å². The van der Waals surface area contributed by atoms with Crippen LogP contribution in [0.5, 0.6) is 0 Å². The van der Waals surface area contributed by atoms with Crippen molar-refractivity contribution in [2.75, 3.05) is 17.7 Å².